The maximum atomic E-state index is 12.1. The van der Waals surface area contributed by atoms with Crippen LogP contribution in [-0.4, -0.2) is 8.42 Å². The van der Waals surface area contributed by atoms with E-state index in [9.17, 15) is 8.42 Å². The van der Waals surface area contributed by atoms with Crippen molar-refractivity contribution in [3.63, 3.8) is 0 Å². The van der Waals surface area contributed by atoms with Gasteiger partial charge in [0.25, 0.3) is 0 Å². The van der Waals surface area contributed by atoms with Gasteiger partial charge in [0.2, 0.25) is 0 Å². The van der Waals surface area contributed by atoms with E-state index >= 15 is 0 Å². The number of hydrogen-bond acceptors (Lipinski definition) is 2. The van der Waals surface area contributed by atoms with Crippen LogP contribution in [0.15, 0.2) is 59.5 Å². The molecule has 3 nitrogen and oxygen atoms in total. The van der Waals surface area contributed by atoms with Gasteiger partial charge in [-0.15, -0.1) is 5.69 Å². The Balaban J connectivity index is 2.34. The molecule has 0 aliphatic rings. The number of benzene rings is 2. The van der Waals surface area contributed by atoms with Crippen molar-refractivity contribution in [3.8, 4) is 0 Å². The summed E-state index contributed by atoms with van der Waals surface area (Å²) in [6.07, 6.45) is 0.754. The third kappa shape index (κ3) is 2.71. The molecule has 4 heteroatoms. The summed E-state index contributed by atoms with van der Waals surface area (Å²) >= 11 is 0. The standard InChI is InChI=1S/C14H14NO2S/c1-2-12-8-6-7-11-14(12)15-18(16,17)13-9-4-3-5-10-13/h3-11H,2H2,1H3/q-1. The van der Waals surface area contributed by atoms with Crippen molar-refractivity contribution in [1.82, 2.24) is 0 Å². The first kappa shape index (κ1) is 12.6. The second kappa shape index (κ2) is 5.23. The average Bonchev–Trinajstić information content (AvgIpc) is 2.40. The third-order valence-corrected chi connectivity index (χ3v) is 3.94. The molecule has 0 saturated carbocycles. The van der Waals surface area contributed by atoms with Gasteiger partial charge in [-0.3, -0.25) is 0 Å². The predicted octanol–water partition coefficient (Wildman–Crippen LogP) is 3.64. The van der Waals surface area contributed by atoms with Crippen LogP contribution in [0.3, 0.4) is 0 Å². The zero-order valence-corrected chi connectivity index (χ0v) is 10.9. The molecular weight excluding hydrogens is 246 g/mol. The van der Waals surface area contributed by atoms with E-state index in [-0.39, 0.29) is 4.90 Å². The lowest BCUT2D eigenvalue weighted by Crippen LogP contribution is -1.98. The molecule has 0 aliphatic carbocycles. The Morgan fingerprint density at radius 3 is 2.22 bits per heavy atom. The van der Waals surface area contributed by atoms with Gasteiger partial charge in [0.1, 0.15) is 10.0 Å². The summed E-state index contributed by atoms with van der Waals surface area (Å²) < 4.78 is 28.1. The highest BCUT2D eigenvalue weighted by Gasteiger charge is 2.04. The fraction of sp³-hybridized carbons (Fsp3) is 0.143. The van der Waals surface area contributed by atoms with Crippen LogP contribution in [0.1, 0.15) is 12.5 Å². The van der Waals surface area contributed by atoms with Crippen molar-refractivity contribution in [2.75, 3.05) is 0 Å². The summed E-state index contributed by atoms with van der Waals surface area (Å²) in [6, 6.07) is 15.5. The molecule has 0 atom stereocenters. The Hall–Kier alpha value is -1.81. The molecule has 0 saturated heterocycles. The molecule has 94 valence electrons. The van der Waals surface area contributed by atoms with Crippen molar-refractivity contribution in [3.05, 3.63) is 64.9 Å². The summed E-state index contributed by atoms with van der Waals surface area (Å²) in [7, 11) is -3.62. The zero-order chi connectivity index (χ0) is 13.0. The highest BCUT2D eigenvalue weighted by atomic mass is 32.2. The Morgan fingerprint density at radius 2 is 1.56 bits per heavy atom. The number of rotatable bonds is 4. The first-order chi connectivity index (χ1) is 8.63. The van der Waals surface area contributed by atoms with Crippen LogP contribution in [0.5, 0.6) is 0 Å². The van der Waals surface area contributed by atoms with Crippen molar-refractivity contribution in [2.24, 2.45) is 0 Å². The quantitative estimate of drug-likeness (QED) is 0.842. The topological polar surface area (TPSA) is 48.2 Å². The third-order valence-electron chi connectivity index (χ3n) is 2.63. The summed E-state index contributed by atoms with van der Waals surface area (Å²) in [5.74, 6) is 0. The first-order valence-electron chi connectivity index (χ1n) is 5.74. The predicted molar refractivity (Wildman–Crippen MR) is 72.5 cm³/mol. The number of nitrogens with zero attached hydrogens (tertiary/aromatic N) is 1. The van der Waals surface area contributed by atoms with Gasteiger partial charge in [0, 0.05) is 0 Å². The lowest BCUT2D eigenvalue weighted by Gasteiger charge is -2.24. The van der Waals surface area contributed by atoms with Crippen molar-refractivity contribution in [1.29, 1.82) is 0 Å². The van der Waals surface area contributed by atoms with Gasteiger partial charge < -0.3 is 4.72 Å². The molecular formula is C14H14NO2S-. The monoisotopic (exact) mass is 260 g/mol. The van der Waals surface area contributed by atoms with Crippen molar-refractivity contribution >= 4 is 15.7 Å². The lowest BCUT2D eigenvalue weighted by molar-refractivity contribution is 0.603. The molecule has 0 N–H and O–H groups in total. The molecule has 0 bridgehead atoms. The molecule has 0 spiro atoms. The van der Waals surface area contributed by atoms with E-state index in [1.807, 2.05) is 19.1 Å². The van der Waals surface area contributed by atoms with Gasteiger partial charge in [-0.1, -0.05) is 55.0 Å². The fourth-order valence-electron chi connectivity index (χ4n) is 1.67. The molecule has 0 fully saturated rings. The second-order valence-electron chi connectivity index (χ2n) is 3.86. The summed E-state index contributed by atoms with van der Waals surface area (Å²) in [5.41, 5.74) is 1.45. The summed E-state index contributed by atoms with van der Waals surface area (Å²) in [6.45, 7) is 1.98. The Morgan fingerprint density at radius 1 is 0.944 bits per heavy atom. The van der Waals surface area contributed by atoms with Crippen LogP contribution in [-0.2, 0) is 16.4 Å². The van der Waals surface area contributed by atoms with Gasteiger partial charge in [-0.2, -0.15) is 0 Å². The minimum Gasteiger partial charge on any atom is -0.572 e. The Labute approximate surface area is 108 Å². The highest BCUT2D eigenvalue weighted by Crippen LogP contribution is 2.30. The van der Waals surface area contributed by atoms with Gasteiger partial charge in [0.05, 0.1) is 4.90 Å². The molecule has 2 aromatic rings. The zero-order valence-electron chi connectivity index (χ0n) is 10.1. The van der Waals surface area contributed by atoms with Crippen LogP contribution < -0.4 is 0 Å². The molecule has 0 aromatic heterocycles. The smallest absolute Gasteiger partial charge is 0.123 e. The Kier molecular flexibility index (Phi) is 3.67. The largest absolute Gasteiger partial charge is 0.572 e. The Bertz CT molecular complexity index is 621. The van der Waals surface area contributed by atoms with E-state index in [1.54, 1.807) is 42.5 Å². The van der Waals surface area contributed by atoms with E-state index in [1.165, 1.54) is 0 Å². The van der Waals surface area contributed by atoms with Gasteiger partial charge in [0.15, 0.2) is 0 Å². The van der Waals surface area contributed by atoms with Gasteiger partial charge in [-0.25, -0.2) is 8.42 Å². The van der Waals surface area contributed by atoms with Gasteiger partial charge in [-0.05, 0) is 18.6 Å². The SMILES string of the molecule is CCc1ccccc1[N-]S(=O)(=O)c1ccccc1. The minimum atomic E-state index is -3.62. The molecule has 0 radical (unpaired) electrons. The normalized spacial score (nSPS) is 11.2. The minimum absolute atomic E-state index is 0.218. The molecule has 0 heterocycles. The van der Waals surface area contributed by atoms with Crippen molar-refractivity contribution in [2.45, 2.75) is 18.2 Å². The highest BCUT2D eigenvalue weighted by molar-refractivity contribution is 7.94. The maximum Gasteiger partial charge on any atom is 0.123 e. The van der Waals surface area contributed by atoms with E-state index in [0.29, 0.717) is 5.69 Å². The van der Waals surface area contributed by atoms with E-state index in [4.69, 9.17) is 0 Å². The van der Waals surface area contributed by atoms with Gasteiger partial charge >= 0.3 is 0 Å². The van der Waals surface area contributed by atoms with Crippen LogP contribution in [0.4, 0.5) is 5.69 Å². The molecule has 2 rings (SSSR count). The number of hydrogen-bond donors (Lipinski definition) is 0. The van der Waals surface area contributed by atoms with E-state index < -0.39 is 10.0 Å². The fourth-order valence-corrected chi connectivity index (χ4v) is 2.72. The lowest BCUT2D eigenvalue weighted by atomic mass is 10.1. The van der Waals surface area contributed by atoms with Crippen LogP contribution in [0.25, 0.3) is 4.72 Å². The molecule has 0 unspecified atom stereocenters. The average molecular weight is 260 g/mol. The van der Waals surface area contributed by atoms with E-state index in [0.717, 1.165) is 12.0 Å². The number of sulfonamides is 1. The maximum absolute atomic E-state index is 12.1. The second-order valence-corrected chi connectivity index (χ2v) is 5.47. The summed E-state index contributed by atoms with van der Waals surface area (Å²) in [4.78, 5) is 0.218. The van der Waals surface area contributed by atoms with Crippen LogP contribution >= 0.6 is 0 Å². The van der Waals surface area contributed by atoms with E-state index in [2.05, 4.69) is 4.72 Å². The van der Waals surface area contributed by atoms with Crippen LogP contribution in [0.2, 0.25) is 0 Å². The molecule has 2 aromatic carbocycles. The summed E-state index contributed by atoms with van der Waals surface area (Å²) in [5, 5.41) is 0. The van der Waals surface area contributed by atoms with Crippen LogP contribution in [0, 0.1) is 0 Å². The molecule has 0 amide bonds. The van der Waals surface area contributed by atoms with Crippen molar-refractivity contribution < 1.29 is 8.42 Å². The molecule has 0 aliphatic heterocycles. The first-order valence-corrected chi connectivity index (χ1v) is 7.18. The molecule has 18 heavy (non-hydrogen) atoms. The number of aryl methyl sites for hydroxylation is 1.